The van der Waals surface area contributed by atoms with Crippen LogP contribution in [0.25, 0.3) is 0 Å². The summed E-state index contributed by atoms with van der Waals surface area (Å²) in [6.45, 7) is 3.58. The molecular weight excluding hydrogens is 335 g/mol. The lowest BCUT2D eigenvalue weighted by Gasteiger charge is -2.10. The number of alkyl halides is 3. The van der Waals surface area contributed by atoms with E-state index in [2.05, 4.69) is 15.6 Å². The van der Waals surface area contributed by atoms with E-state index in [1.54, 1.807) is 13.8 Å². The molecule has 0 aliphatic heterocycles. The smallest absolute Gasteiger partial charge is 0.349 e. The topological polar surface area (TPSA) is 71.1 Å². The Balaban J connectivity index is 2.12. The minimum Gasteiger partial charge on any atom is -0.349 e. The second-order valence-corrected chi connectivity index (χ2v) is 5.57. The highest BCUT2D eigenvalue weighted by Crippen LogP contribution is 2.29. The van der Waals surface area contributed by atoms with Crippen LogP contribution in [0.2, 0.25) is 0 Å². The number of hydrogen-bond donors (Lipinski definition) is 2. The molecule has 0 aliphatic carbocycles. The Labute approximate surface area is 142 Å². The maximum atomic E-state index is 12.5. The molecule has 0 saturated heterocycles. The molecule has 0 aliphatic rings. The van der Waals surface area contributed by atoms with Gasteiger partial charge in [-0.2, -0.15) is 13.2 Å². The van der Waals surface area contributed by atoms with Crippen molar-refractivity contribution in [1.82, 2.24) is 10.3 Å². The molecule has 2 aromatic rings. The van der Waals surface area contributed by atoms with Crippen LogP contribution < -0.4 is 10.6 Å². The van der Waals surface area contributed by atoms with E-state index in [1.807, 2.05) is 0 Å². The quantitative estimate of drug-likeness (QED) is 0.886. The average molecular weight is 351 g/mol. The maximum Gasteiger partial charge on any atom is 0.416 e. The number of nitrogens with zero attached hydrogens (tertiary/aromatic N) is 1. The van der Waals surface area contributed by atoms with Gasteiger partial charge in [0.05, 0.1) is 5.56 Å². The molecule has 2 N–H and O–H groups in total. The van der Waals surface area contributed by atoms with Gasteiger partial charge < -0.3 is 10.6 Å². The molecule has 5 nitrogen and oxygen atoms in total. The van der Waals surface area contributed by atoms with Crippen molar-refractivity contribution < 1.29 is 22.8 Å². The van der Waals surface area contributed by atoms with Crippen molar-refractivity contribution in [2.45, 2.75) is 26.1 Å². The molecule has 2 rings (SSSR count). The molecule has 0 atom stereocenters. The zero-order valence-corrected chi connectivity index (χ0v) is 13.5. The first-order valence-corrected chi connectivity index (χ1v) is 7.43. The van der Waals surface area contributed by atoms with Crippen LogP contribution in [0.3, 0.4) is 0 Å². The van der Waals surface area contributed by atoms with Gasteiger partial charge in [-0.1, -0.05) is 6.07 Å². The lowest BCUT2D eigenvalue weighted by Crippen LogP contribution is -2.31. The second kappa shape index (κ2) is 7.33. The molecule has 1 aromatic carbocycles. The van der Waals surface area contributed by atoms with Crippen molar-refractivity contribution in [3.05, 3.63) is 59.4 Å². The SMILES string of the molecule is CC(C)NC(=O)c1cccc(C(=O)Nc2ccc(C(F)(F)F)cc2)n1. The summed E-state index contributed by atoms with van der Waals surface area (Å²) in [7, 11) is 0. The summed E-state index contributed by atoms with van der Waals surface area (Å²) in [4.78, 5) is 28.0. The van der Waals surface area contributed by atoms with Crippen molar-refractivity contribution in [3.63, 3.8) is 0 Å². The lowest BCUT2D eigenvalue weighted by atomic mass is 10.2. The van der Waals surface area contributed by atoms with E-state index < -0.39 is 23.6 Å². The van der Waals surface area contributed by atoms with Crippen molar-refractivity contribution in [3.8, 4) is 0 Å². The predicted molar refractivity (Wildman–Crippen MR) is 86.2 cm³/mol. The van der Waals surface area contributed by atoms with Gasteiger partial charge in [0.2, 0.25) is 0 Å². The van der Waals surface area contributed by atoms with Gasteiger partial charge in [-0.25, -0.2) is 4.98 Å². The van der Waals surface area contributed by atoms with E-state index in [9.17, 15) is 22.8 Å². The number of aromatic nitrogens is 1. The van der Waals surface area contributed by atoms with Crippen LogP contribution in [-0.2, 0) is 6.18 Å². The molecule has 0 radical (unpaired) electrons. The van der Waals surface area contributed by atoms with E-state index in [-0.39, 0.29) is 23.1 Å². The Morgan fingerprint density at radius 2 is 1.52 bits per heavy atom. The highest BCUT2D eigenvalue weighted by molar-refractivity contribution is 6.03. The monoisotopic (exact) mass is 351 g/mol. The molecule has 25 heavy (non-hydrogen) atoms. The third-order valence-electron chi connectivity index (χ3n) is 3.10. The van der Waals surface area contributed by atoms with Crippen LogP contribution in [0, 0.1) is 0 Å². The van der Waals surface area contributed by atoms with Crippen LogP contribution in [0.4, 0.5) is 18.9 Å². The van der Waals surface area contributed by atoms with E-state index in [1.165, 1.54) is 18.2 Å². The third-order valence-corrected chi connectivity index (χ3v) is 3.10. The van der Waals surface area contributed by atoms with Gasteiger partial charge in [-0.15, -0.1) is 0 Å². The number of nitrogens with one attached hydrogen (secondary N) is 2. The molecule has 0 bridgehead atoms. The van der Waals surface area contributed by atoms with E-state index in [0.717, 1.165) is 24.3 Å². The minimum atomic E-state index is -4.44. The zero-order valence-electron chi connectivity index (χ0n) is 13.5. The van der Waals surface area contributed by atoms with Crippen LogP contribution in [0.15, 0.2) is 42.5 Å². The first-order valence-electron chi connectivity index (χ1n) is 7.43. The van der Waals surface area contributed by atoms with Crippen LogP contribution in [0.5, 0.6) is 0 Å². The second-order valence-electron chi connectivity index (χ2n) is 5.57. The van der Waals surface area contributed by atoms with Crippen molar-refractivity contribution in [2.75, 3.05) is 5.32 Å². The number of hydrogen-bond acceptors (Lipinski definition) is 3. The number of anilines is 1. The number of pyridine rings is 1. The molecule has 132 valence electrons. The number of carbonyl (C=O) groups is 2. The molecule has 2 amide bonds. The summed E-state index contributed by atoms with van der Waals surface area (Å²) < 4.78 is 37.6. The van der Waals surface area contributed by atoms with E-state index in [4.69, 9.17) is 0 Å². The highest BCUT2D eigenvalue weighted by Gasteiger charge is 2.30. The molecule has 0 unspecified atom stereocenters. The molecule has 0 fully saturated rings. The highest BCUT2D eigenvalue weighted by atomic mass is 19.4. The zero-order chi connectivity index (χ0) is 18.6. The number of benzene rings is 1. The number of amides is 2. The van der Waals surface area contributed by atoms with Crippen LogP contribution in [0.1, 0.15) is 40.4 Å². The molecule has 1 heterocycles. The van der Waals surface area contributed by atoms with Gasteiger partial charge >= 0.3 is 6.18 Å². The lowest BCUT2D eigenvalue weighted by molar-refractivity contribution is -0.137. The fourth-order valence-corrected chi connectivity index (χ4v) is 1.96. The Morgan fingerprint density at radius 3 is 2.04 bits per heavy atom. The number of carbonyl (C=O) groups excluding carboxylic acids is 2. The van der Waals surface area contributed by atoms with Gasteiger partial charge in [0, 0.05) is 11.7 Å². The summed E-state index contributed by atoms with van der Waals surface area (Å²) in [6, 6.07) is 8.33. The molecular formula is C17H16F3N3O2. The van der Waals surface area contributed by atoms with Gasteiger partial charge in [-0.3, -0.25) is 9.59 Å². The first kappa shape index (κ1) is 18.4. The van der Waals surface area contributed by atoms with Crippen molar-refractivity contribution in [2.24, 2.45) is 0 Å². The summed E-state index contributed by atoms with van der Waals surface area (Å²) >= 11 is 0. The minimum absolute atomic E-state index is 0.0173. The Bertz CT molecular complexity index is 771. The van der Waals surface area contributed by atoms with Crippen molar-refractivity contribution in [1.29, 1.82) is 0 Å². The van der Waals surface area contributed by atoms with Gasteiger partial charge in [0.15, 0.2) is 0 Å². The van der Waals surface area contributed by atoms with Crippen molar-refractivity contribution >= 4 is 17.5 Å². The van der Waals surface area contributed by atoms with Crippen LogP contribution in [-0.4, -0.2) is 22.8 Å². The Kier molecular flexibility index (Phi) is 5.41. The van der Waals surface area contributed by atoms with E-state index >= 15 is 0 Å². The van der Waals surface area contributed by atoms with E-state index in [0.29, 0.717) is 0 Å². The first-order chi connectivity index (χ1) is 11.7. The predicted octanol–water partition coefficient (Wildman–Crippen LogP) is 3.49. The fraction of sp³-hybridized carbons (Fsp3) is 0.235. The summed E-state index contributed by atoms with van der Waals surface area (Å²) in [6.07, 6.45) is -4.44. The van der Waals surface area contributed by atoms with Gasteiger partial charge in [0.1, 0.15) is 11.4 Å². The standard InChI is InChI=1S/C17H16F3N3O2/c1-10(2)21-15(24)13-4-3-5-14(23-13)16(25)22-12-8-6-11(7-9-12)17(18,19)20/h3-10H,1-2H3,(H,21,24)(H,22,25). The fourth-order valence-electron chi connectivity index (χ4n) is 1.96. The van der Waals surface area contributed by atoms with Gasteiger partial charge in [0.25, 0.3) is 11.8 Å². The number of rotatable bonds is 4. The largest absolute Gasteiger partial charge is 0.416 e. The summed E-state index contributed by atoms with van der Waals surface area (Å²) in [5.41, 5.74) is -0.558. The summed E-state index contributed by atoms with van der Waals surface area (Å²) in [5.74, 6) is -1.04. The average Bonchev–Trinajstić information content (AvgIpc) is 2.54. The third kappa shape index (κ3) is 5.03. The molecule has 0 spiro atoms. The van der Waals surface area contributed by atoms with Gasteiger partial charge in [-0.05, 0) is 50.2 Å². The normalized spacial score (nSPS) is 11.3. The number of halogens is 3. The Hall–Kier alpha value is -2.90. The summed E-state index contributed by atoms with van der Waals surface area (Å²) in [5, 5.41) is 5.10. The molecule has 0 saturated carbocycles. The molecule has 8 heteroatoms. The van der Waals surface area contributed by atoms with Crippen LogP contribution >= 0.6 is 0 Å². The molecule has 1 aromatic heterocycles. The maximum absolute atomic E-state index is 12.5. The Morgan fingerprint density at radius 1 is 0.960 bits per heavy atom.